The molecule has 3 aromatic rings. The van der Waals surface area contributed by atoms with Gasteiger partial charge in [0.05, 0.1) is 23.6 Å². The van der Waals surface area contributed by atoms with E-state index in [1.54, 1.807) is 24.3 Å². The normalized spacial score (nSPS) is 22.2. The van der Waals surface area contributed by atoms with Crippen LogP contribution in [0.25, 0.3) is 0 Å². The van der Waals surface area contributed by atoms with Crippen LogP contribution in [0.4, 0.5) is 14.5 Å². The Morgan fingerprint density at radius 1 is 1.10 bits per heavy atom. The number of halogens is 4. The van der Waals surface area contributed by atoms with Crippen LogP contribution in [0.5, 0.6) is 0 Å². The first-order valence-corrected chi connectivity index (χ1v) is 13.7. The van der Waals surface area contributed by atoms with Crippen LogP contribution in [0.15, 0.2) is 60.7 Å². The standard InChI is InChI=1S/C31H29Cl2F2N3O3/c1-30(2,3)15-24-31(16-36,21-12-9-18(32)14-23(21)34)26(20-5-4-6-22(33)27(20)35)28(38-24)29(41)37-19-10-7-17(8-11-19)13-25(39)40/h4-12,14,24,26,28,38H,13,15H2,1-3H3,(H,37,41)(H,39,40)/t24?,26-,28+,31-/m0/s1. The Kier molecular flexibility index (Phi) is 8.74. The van der Waals surface area contributed by atoms with Gasteiger partial charge in [-0.05, 0) is 53.3 Å². The second-order valence-corrected chi connectivity index (χ2v) is 12.3. The molecule has 4 atom stereocenters. The largest absolute Gasteiger partial charge is 0.481 e. The first-order valence-electron chi connectivity index (χ1n) is 12.9. The number of carboxylic acid groups (broad SMARTS) is 1. The van der Waals surface area contributed by atoms with Crippen molar-refractivity contribution < 1.29 is 23.5 Å². The summed E-state index contributed by atoms with van der Waals surface area (Å²) in [4.78, 5) is 24.9. The molecule has 0 saturated carbocycles. The monoisotopic (exact) mass is 599 g/mol. The second-order valence-electron chi connectivity index (χ2n) is 11.4. The molecule has 4 rings (SSSR count). The van der Waals surface area contributed by atoms with Gasteiger partial charge in [-0.25, -0.2) is 8.78 Å². The lowest BCUT2D eigenvalue weighted by atomic mass is 9.62. The van der Waals surface area contributed by atoms with Crippen LogP contribution in [0.2, 0.25) is 10.0 Å². The number of hydrogen-bond donors (Lipinski definition) is 3. The van der Waals surface area contributed by atoms with Crippen molar-refractivity contribution in [1.82, 2.24) is 5.32 Å². The molecule has 214 valence electrons. The van der Waals surface area contributed by atoms with Gasteiger partial charge in [-0.2, -0.15) is 5.26 Å². The molecule has 0 radical (unpaired) electrons. The zero-order chi connectivity index (χ0) is 30.1. The number of anilines is 1. The van der Waals surface area contributed by atoms with E-state index in [2.05, 4.69) is 16.7 Å². The van der Waals surface area contributed by atoms with Crippen molar-refractivity contribution in [3.8, 4) is 6.07 Å². The summed E-state index contributed by atoms with van der Waals surface area (Å²) >= 11 is 12.2. The maximum Gasteiger partial charge on any atom is 0.307 e. The molecular formula is C31H29Cl2F2N3O3. The van der Waals surface area contributed by atoms with Gasteiger partial charge in [-0.15, -0.1) is 0 Å². The number of hydrogen-bond acceptors (Lipinski definition) is 4. The van der Waals surface area contributed by atoms with E-state index in [1.807, 2.05) is 20.8 Å². The van der Waals surface area contributed by atoms with Crippen molar-refractivity contribution >= 4 is 40.8 Å². The van der Waals surface area contributed by atoms with E-state index in [1.165, 1.54) is 30.3 Å². The minimum absolute atomic E-state index is 0.00531. The Labute approximate surface area is 247 Å². The number of carboxylic acids is 1. The highest BCUT2D eigenvalue weighted by molar-refractivity contribution is 6.31. The van der Waals surface area contributed by atoms with Gasteiger partial charge in [0, 0.05) is 28.2 Å². The van der Waals surface area contributed by atoms with Crippen molar-refractivity contribution in [3.63, 3.8) is 0 Å². The molecule has 3 aromatic carbocycles. The third-order valence-electron chi connectivity index (χ3n) is 7.31. The average Bonchev–Trinajstić information content (AvgIpc) is 3.19. The molecule has 41 heavy (non-hydrogen) atoms. The van der Waals surface area contributed by atoms with E-state index < -0.39 is 46.9 Å². The number of nitriles is 1. The molecule has 0 spiro atoms. The minimum Gasteiger partial charge on any atom is -0.481 e. The fourth-order valence-electron chi connectivity index (χ4n) is 5.66. The Hall–Kier alpha value is -3.51. The first-order chi connectivity index (χ1) is 19.3. The van der Waals surface area contributed by atoms with Crippen molar-refractivity contribution in [3.05, 3.63) is 99.0 Å². The van der Waals surface area contributed by atoms with Gasteiger partial charge >= 0.3 is 5.97 Å². The van der Waals surface area contributed by atoms with Crippen LogP contribution in [-0.4, -0.2) is 29.1 Å². The summed E-state index contributed by atoms with van der Waals surface area (Å²) < 4.78 is 31.4. The summed E-state index contributed by atoms with van der Waals surface area (Å²) in [5, 5.41) is 25.9. The number of nitrogens with one attached hydrogen (secondary N) is 2. The van der Waals surface area contributed by atoms with Crippen molar-refractivity contribution in [2.75, 3.05) is 5.32 Å². The summed E-state index contributed by atoms with van der Waals surface area (Å²) in [5.41, 5.74) is -1.21. The molecule has 1 fully saturated rings. The van der Waals surface area contributed by atoms with E-state index in [4.69, 9.17) is 28.3 Å². The third-order valence-corrected chi connectivity index (χ3v) is 7.84. The zero-order valence-electron chi connectivity index (χ0n) is 22.6. The third kappa shape index (κ3) is 6.23. The minimum atomic E-state index is -1.74. The SMILES string of the molecule is CC(C)(C)CC1N[C@@H](C(=O)Nc2ccc(CC(=O)O)cc2)[C@H](c2cccc(Cl)c2F)[C@@]1(C#N)c1ccc(Cl)cc1F. The number of amides is 1. The van der Waals surface area contributed by atoms with Gasteiger partial charge in [0.25, 0.3) is 0 Å². The summed E-state index contributed by atoms with van der Waals surface area (Å²) in [6, 6.07) is 14.9. The smallest absolute Gasteiger partial charge is 0.307 e. The van der Waals surface area contributed by atoms with Crippen LogP contribution < -0.4 is 10.6 Å². The van der Waals surface area contributed by atoms with E-state index in [9.17, 15) is 14.9 Å². The highest BCUT2D eigenvalue weighted by atomic mass is 35.5. The number of benzene rings is 3. The highest BCUT2D eigenvalue weighted by Crippen LogP contribution is 2.52. The van der Waals surface area contributed by atoms with Crippen LogP contribution in [-0.2, 0) is 21.4 Å². The highest BCUT2D eigenvalue weighted by Gasteiger charge is 2.61. The molecule has 0 bridgehead atoms. The number of nitrogens with zero attached hydrogens (tertiary/aromatic N) is 1. The maximum atomic E-state index is 15.7. The summed E-state index contributed by atoms with van der Waals surface area (Å²) in [5.74, 6) is -4.31. The van der Waals surface area contributed by atoms with E-state index in [0.29, 0.717) is 17.7 Å². The molecule has 1 aliphatic rings. The predicted molar refractivity (Wildman–Crippen MR) is 154 cm³/mol. The molecule has 1 amide bonds. The van der Waals surface area contributed by atoms with Crippen LogP contribution >= 0.6 is 23.2 Å². The predicted octanol–water partition coefficient (Wildman–Crippen LogP) is 6.86. The Balaban J connectivity index is 1.89. The molecular weight excluding hydrogens is 571 g/mol. The number of carbonyl (C=O) groups excluding carboxylic acids is 1. The average molecular weight is 600 g/mol. The van der Waals surface area contributed by atoms with Crippen LogP contribution in [0.1, 0.15) is 49.8 Å². The molecule has 1 saturated heterocycles. The van der Waals surface area contributed by atoms with Gasteiger partial charge in [0.1, 0.15) is 17.0 Å². The van der Waals surface area contributed by atoms with Crippen molar-refractivity contribution in [2.24, 2.45) is 5.41 Å². The van der Waals surface area contributed by atoms with E-state index >= 15 is 8.78 Å². The number of aliphatic carboxylic acids is 1. The lowest BCUT2D eigenvalue weighted by molar-refractivity contribution is -0.136. The molecule has 0 aliphatic carbocycles. The lowest BCUT2D eigenvalue weighted by Gasteiger charge is -2.37. The summed E-state index contributed by atoms with van der Waals surface area (Å²) in [6.07, 6.45) is 0.162. The van der Waals surface area contributed by atoms with Gasteiger partial charge in [0.2, 0.25) is 5.91 Å². The van der Waals surface area contributed by atoms with E-state index in [0.717, 1.165) is 6.07 Å². The van der Waals surface area contributed by atoms with Gasteiger partial charge in [-0.3, -0.25) is 9.59 Å². The molecule has 1 heterocycles. The number of carbonyl (C=O) groups is 2. The zero-order valence-corrected chi connectivity index (χ0v) is 24.2. The van der Waals surface area contributed by atoms with Crippen LogP contribution in [0.3, 0.4) is 0 Å². The fraction of sp³-hybridized carbons (Fsp3) is 0.323. The molecule has 1 unspecified atom stereocenters. The van der Waals surface area contributed by atoms with Crippen LogP contribution in [0, 0.1) is 28.4 Å². The lowest BCUT2D eigenvalue weighted by Crippen LogP contribution is -2.45. The fourth-order valence-corrected chi connectivity index (χ4v) is 6.00. The summed E-state index contributed by atoms with van der Waals surface area (Å²) in [7, 11) is 0. The molecule has 10 heteroatoms. The Morgan fingerprint density at radius 2 is 1.78 bits per heavy atom. The molecule has 0 aromatic heterocycles. The molecule has 1 aliphatic heterocycles. The Morgan fingerprint density at radius 3 is 2.37 bits per heavy atom. The van der Waals surface area contributed by atoms with Gasteiger partial charge in [-0.1, -0.05) is 74.3 Å². The van der Waals surface area contributed by atoms with Crippen molar-refractivity contribution in [1.29, 1.82) is 5.26 Å². The summed E-state index contributed by atoms with van der Waals surface area (Å²) in [6.45, 7) is 5.86. The van der Waals surface area contributed by atoms with E-state index in [-0.39, 0.29) is 33.0 Å². The first kappa shape index (κ1) is 30.4. The second kappa shape index (κ2) is 11.8. The quantitative estimate of drug-likeness (QED) is 0.275. The molecule has 3 N–H and O–H groups in total. The maximum absolute atomic E-state index is 15.7. The van der Waals surface area contributed by atoms with Gasteiger partial charge in [0.15, 0.2) is 0 Å². The van der Waals surface area contributed by atoms with Gasteiger partial charge < -0.3 is 15.7 Å². The molecule has 6 nitrogen and oxygen atoms in total. The van der Waals surface area contributed by atoms with Crippen molar-refractivity contribution in [2.45, 2.75) is 57.0 Å². The topological polar surface area (TPSA) is 102 Å². The number of rotatable bonds is 7. The Bertz CT molecular complexity index is 1520.